The molecule has 1 aliphatic carbocycles. The predicted octanol–water partition coefficient (Wildman–Crippen LogP) is 1.32. The third kappa shape index (κ3) is 5.11. The molecule has 0 unspecified atom stereocenters. The first-order valence-corrected chi connectivity index (χ1v) is 7.93. The monoisotopic (exact) mass is 267 g/mol. The van der Waals surface area contributed by atoms with Crippen molar-refractivity contribution in [3.05, 3.63) is 0 Å². The number of nitrogens with one attached hydrogen (secondary N) is 1. The van der Waals surface area contributed by atoms with Crippen LogP contribution in [-0.2, 0) is 4.79 Å². The van der Waals surface area contributed by atoms with Gasteiger partial charge in [-0.1, -0.05) is 19.3 Å². The fourth-order valence-electron chi connectivity index (χ4n) is 3.23. The molecule has 0 spiro atoms. The van der Waals surface area contributed by atoms with Crippen molar-refractivity contribution in [2.24, 2.45) is 5.92 Å². The molecule has 0 aromatic rings. The number of nitrogens with zero attached hydrogens (tertiary/aromatic N) is 2. The molecular formula is C15H29N3O. The minimum absolute atomic E-state index is 0.299. The van der Waals surface area contributed by atoms with E-state index in [0.29, 0.717) is 12.5 Å². The van der Waals surface area contributed by atoms with Crippen LogP contribution < -0.4 is 5.32 Å². The zero-order valence-electron chi connectivity index (χ0n) is 12.4. The highest BCUT2D eigenvalue weighted by molar-refractivity contribution is 5.78. The average Bonchev–Trinajstić information content (AvgIpc) is 2.68. The summed E-state index contributed by atoms with van der Waals surface area (Å²) in [6.07, 6.45) is 7.86. The summed E-state index contributed by atoms with van der Waals surface area (Å²) in [5.41, 5.74) is 0. The van der Waals surface area contributed by atoms with E-state index in [0.717, 1.165) is 45.1 Å². The molecule has 2 rings (SSSR count). The number of carbonyl (C=O) groups excluding carboxylic acids is 1. The first-order chi connectivity index (χ1) is 9.25. The fraction of sp³-hybridized carbons (Fsp3) is 0.933. The number of rotatable bonds is 4. The van der Waals surface area contributed by atoms with Crippen LogP contribution in [0.5, 0.6) is 0 Å². The molecular weight excluding hydrogens is 238 g/mol. The largest absolute Gasteiger partial charge is 0.344 e. The minimum Gasteiger partial charge on any atom is -0.344 e. The van der Waals surface area contributed by atoms with Gasteiger partial charge in [0.1, 0.15) is 0 Å². The van der Waals surface area contributed by atoms with Crippen LogP contribution >= 0.6 is 0 Å². The van der Waals surface area contributed by atoms with Crippen molar-refractivity contribution < 1.29 is 4.79 Å². The Balaban J connectivity index is 1.71. The number of hydrogen-bond acceptors (Lipinski definition) is 3. The summed E-state index contributed by atoms with van der Waals surface area (Å²) in [6.45, 7) is 5.72. The predicted molar refractivity (Wildman–Crippen MR) is 78.1 cm³/mol. The van der Waals surface area contributed by atoms with Crippen molar-refractivity contribution in [3.63, 3.8) is 0 Å². The Morgan fingerprint density at radius 2 is 1.95 bits per heavy atom. The SMILES string of the molecule is CN(CC1CCCCC1)C(=O)CN1CCCNCC1. The maximum Gasteiger partial charge on any atom is 0.236 e. The van der Waals surface area contributed by atoms with E-state index >= 15 is 0 Å². The summed E-state index contributed by atoms with van der Waals surface area (Å²) in [7, 11) is 1.98. The zero-order valence-corrected chi connectivity index (χ0v) is 12.4. The smallest absolute Gasteiger partial charge is 0.236 e. The van der Waals surface area contributed by atoms with Crippen molar-refractivity contribution in [2.75, 3.05) is 46.3 Å². The molecule has 2 aliphatic rings. The highest BCUT2D eigenvalue weighted by Gasteiger charge is 2.20. The first-order valence-electron chi connectivity index (χ1n) is 7.93. The molecule has 1 saturated heterocycles. The Morgan fingerprint density at radius 3 is 2.74 bits per heavy atom. The lowest BCUT2D eigenvalue weighted by molar-refractivity contribution is -0.131. The van der Waals surface area contributed by atoms with Crippen molar-refractivity contribution >= 4 is 5.91 Å². The molecule has 1 amide bonds. The molecule has 0 atom stereocenters. The normalized spacial score (nSPS) is 23.0. The van der Waals surface area contributed by atoms with Gasteiger partial charge in [-0.15, -0.1) is 0 Å². The summed E-state index contributed by atoms with van der Waals surface area (Å²) in [6, 6.07) is 0. The molecule has 1 heterocycles. The van der Waals surface area contributed by atoms with E-state index in [1.165, 1.54) is 32.1 Å². The van der Waals surface area contributed by atoms with Crippen LogP contribution in [0.2, 0.25) is 0 Å². The van der Waals surface area contributed by atoms with E-state index in [-0.39, 0.29) is 0 Å². The van der Waals surface area contributed by atoms with Crippen molar-refractivity contribution in [1.82, 2.24) is 15.1 Å². The summed E-state index contributed by atoms with van der Waals surface area (Å²) >= 11 is 0. The second-order valence-electron chi connectivity index (χ2n) is 6.16. The van der Waals surface area contributed by atoms with Crippen LogP contribution in [0.4, 0.5) is 0 Å². The van der Waals surface area contributed by atoms with Gasteiger partial charge < -0.3 is 10.2 Å². The number of hydrogen-bond donors (Lipinski definition) is 1. The van der Waals surface area contributed by atoms with Crippen molar-refractivity contribution in [2.45, 2.75) is 38.5 Å². The second kappa shape index (κ2) is 7.85. The summed E-state index contributed by atoms with van der Waals surface area (Å²) in [5, 5.41) is 3.38. The number of likely N-dealkylation sites (N-methyl/N-ethyl adjacent to an activating group) is 1. The Hall–Kier alpha value is -0.610. The number of carbonyl (C=O) groups is 1. The van der Waals surface area contributed by atoms with E-state index < -0.39 is 0 Å². The van der Waals surface area contributed by atoms with Gasteiger partial charge >= 0.3 is 0 Å². The summed E-state index contributed by atoms with van der Waals surface area (Å²) in [5.74, 6) is 1.04. The van der Waals surface area contributed by atoms with Gasteiger partial charge in [-0.05, 0) is 38.3 Å². The van der Waals surface area contributed by atoms with Gasteiger partial charge in [-0.25, -0.2) is 0 Å². The topological polar surface area (TPSA) is 35.6 Å². The molecule has 1 aliphatic heterocycles. The van der Waals surface area contributed by atoms with E-state index in [9.17, 15) is 4.79 Å². The zero-order chi connectivity index (χ0) is 13.5. The first kappa shape index (κ1) is 14.8. The molecule has 0 radical (unpaired) electrons. The molecule has 4 heteroatoms. The van der Waals surface area contributed by atoms with Crippen molar-refractivity contribution in [1.29, 1.82) is 0 Å². The molecule has 2 fully saturated rings. The van der Waals surface area contributed by atoms with Crippen LogP contribution in [0.1, 0.15) is 38.5 Å². The molecule has 1 saturated carbocycles. The third-order valence-corrected chi connectivity index (χ3v) is 4.47. The van der Waals surface area contributed by atoms with Gasteiger partial charge in [0.15, 0.2) is 0 Å². The van der Waals surface area contributed by atoms with Crippen LogP contribution in [0.25, 0.3) is 0 Å². The van der Waals surface area contributed by atoms with Gasteiger partial charge in [-0.2, -0.15) is 0 Å². The van der Waals surface area contributed by atoms with Gasteiger partial charge in [-0.3, -0.25) is 9.69 Å². The van der Waals surface area contributed by atoms with E-state index in [2.05, 4.69) is 10.2 Å². The Morgan fingerprint density at radius 1 is 1.16 bits per heavy atom. The van der Waals surface area contributed by atoms with E-state index in [1.54, 1.807) is 0 Å². The van der Waals surface area contributed by atoms with E-state index in [1.807, 2.05) is 11.9 Å². The molecule has 1 N–H and O–H groups in total. The molecule has 0 aromatic carbocycles. The van der Waals surface area contributed by atoms with Gasteiger partial charge in [0.05, 0.1) is 6.54 Å². The lowest BCUT2D eigenvalue weighted by Gasteiger charge is -2.29. The molecule has 4 nitrogen and oxygen atoms in total. The standard InChI is InChI=1S/C15H29N3O/c1-17(12-14-6-3-2-4-7-14)15(19)13-18-10-5-8-16-9-11-18/h14,16H,2-13H2,1H3. The van der Waals surface area contributed by atoms with Crippen LogP contribution in [0.3, 0.4) is 0 Å². The minimum atomic E-state index is 0.299. The van der Waals surface area contributed by atoms with Crippen LogP contribution in [0, 0.1) is 5.92 Å². The molecule has 0 aromatic heterocycles. The Kier molecular flexibility index (Phi) is 6.11. The molecule has 110 valence electrons. The van der Waals surface area contributed by atoms with Crippen LogP contribution in [-0.4, -0.2) is 62.0 Å². The van der Waals surface area contributed by atoms with E-state index in [4.69, 9.17) is 0 Å². The highest BCUT2D eigenvalue weighted by atomic mass is 16.2. The molecule has 0 bridgehead atoms. The average molecular weight is 267 g/mol. The van der Waals surface area contributed by atoms with Gasteiger partial charge in [0.2, 0.25) is 5.91 Å². The quantitative estimate of drug-likeness (QED) is 0.834. The third-order valence-electron chi connectivity index (χ3n) is 4.47. The second-order valence-corrected chi connectivity index (χ2v) is 6.16. The Labute approximate surface area is 117 Å². The van der Waals surface area contributed by atoms with Crippen molar-refractivity contribution in [3.8, 4) is 0 Å². The maximum absolute atomic E-state index is 12.3. The fourth-order valence-corrected chi connectivity index (χ4v) is 3.23. The lowest BCUT2D eigenvalue weighted by atomic mass is 9.89. The number of amides is 1. The Bertz CT molecular complexity index is 269. The maximum atomic E-state index is 12.3. The highest BCUT2D eigenvalue weighted by Crippen LogP contribution is 2.24. The molecule has 19 heavy (non-hydrogen) atoms. The lowest BCUT2D eigenvalue weighted by Crippen LogP contribution is -2.41. The van der Waals surface area contributed by atoms with Crippen LogP contribution in [0.15, 0.2) is 0 Å². The summed E-state index contributed by atoms with van der Waals surface area (Å²) in [4.78, 5) is 16.5. The summed E-state index contributed by atoms with van der Waals surface area (Å²) < 4.78 is 0. The van der Waals surface area contributed by atoms with Gasteiger partial charge in [0, 0.05) is 26.7 Å². The van der Waals surface area contributed by atoms with Gasteiger partial charge in [0.25, 0.3) is 0 Å².